The summed E-state index contributed by atoms with van der Waals surface area (Å²) >= 11 is 0. The molecular formula is C25H31N5O3. The molecule has 1 saturated heterocycles. The Morgan fingerprint density at radius 3 is 2.45 bits per heavy atom. The summed E-state index contributed by atoms with van der Waals surface area (Å²) in [4.78, 5) is 32.9. The number of hydrogen-bond donors (Lipinski definition) is 2. The standard InChI is InChI=1S/C25H31N5O3/c1-26-25(28-18-13-16-29(17-18)21-11-5-6-12-22(21)33-2)27-14-7-8-15-30-23(31)19-9-3-4-10-20(19)24(30)32/h3-6,9-12,18H,7-8,13-17H2,1-2H3,(H2,26,27,28). The number of methoxy groups -OCH3 is 1. The van der Waals surface area contributed by atoms with Crippen molar-refractivity contribution in [3.63, 3.8) is 0 Å². The molecule has 2 aromatic rings. The topological polar surface area (TPSA) is 86.3 Å². The molecule has 1 atom stereocenters. The second-order valence-corrected chi connectivity index (χ2v) is 8.26. The number of carbonyl (C=O) groups is 2. The number of guanidine groups is 1. The van der Waals surface area contributed by atoms with Gasteiger partial charge in [0.2, 0.25) is 0 Å². The Bertz CT molecular complexity index is 1000. The number of nitrogens with one attached hydrogen (secondary N) is 2. The smallest absolute Gasteiger partial charge is 0.261 e. The molecule has 0 saturated carbocycles. The number of ether oxygens (including phenoxy) is 1. The molecule has 0 aliphatic carbocycles. The van der Waals surface area contributed by atoms with Crippen LogP contribution in [0.15, 0.2) is 53.5 Å². The monoisotopic (exact) mass is 449 g/mol. The first-order valence-electron chi connectivity index (χ1n) is 11.4. The van der Waals surface area contributed by atoms with E-state index in [9.17, 15) is 9.59 Å². The lowest BCUT2D eigenvalue weighted by Crippen LogP contribution is -2.45. The van der Waals surface area contributed by atoms with Gasteiger partial charge in [-0.1, -0.05) is 24.3 Å². The third-order valence-electron chi connectivity index (χ3n) is 6.16. The fourth-order valence-electron chi connectivity index (χ4n) is 4.42. The van der Waals surface area contributed by atoms with Crippen LogP contribution in [0.3, 0.4) is 0 Å². The van der Waals surface area contributed by atoms with Crippen molar-refractivity contribution in [3.8, 4) is 5.75 Å². The molecule has 0 aromatic heterocycles. The maximum absolute atomic E-state index is 12.4. The zero-order valence-electron chi connectivity index (χ0n) is 19.2. The van der Waals surface area contributed by atoms with Crippen molar-refractivity contribution < 1.29 is 14.3 Å². The van der Waals surface area contributed by atoms with Gasteiger partial charge in [-0.2, -0.15) is 0 Å². The zero-order chi connectivity index (χ0) is 23.2. The van der Waals surface area contributed by atoms with E-state index < -0.39 is 0 Å². The van der Waals surface area contributed by atoms with E-state index in [1.54, 1.807) is 38.4 Å². The average molecular weight is 450 g/mol. The molecule has 1 unspecified atom stereocenters. The van der Waals surface area contributed by atoms with Crippen LogP contribution in [0.25, 0.3) is 0 Å². The molecule has 2 N–H and O–H groups in total. The van der Waals surface area contributed by atoms with Crippen LogP contribution in [0, 0.1) is 0 Å². The van der Waals surface area contributed by atoms with Crippen LogP contribution in [0.5, 0.6) is 5.75 Å². The van der Waals surface area contributed by atoms with Crippen LogP contribution >= 0.6 is 0 Å². The summed E-state index contributed by atoms with van der Waals surface area (Å²) in [5.74, 6) is 1.27. The fraction of sp³-hybridized carbons (Fsp3) is 0.400. The molecule has 2 aliphatic rings. The lowest BCUT2D eigenvalue weighted by molar-refractivity contribution is 0.0652. The summed E-state index contributed by atoms with van der Waals surface area (Å²) in [7, 11) is 3.46. The Morgan fingerprint density at radius 1 is 1.06 bits per heavy atom. The van der Waals surface area contributed by atoms with Gasteiger partial charge in [0.05, 0.1) is 23.9 Å². The Balaban J connectivity index is 1.19. The second-order valence-electron chi connectivity index (χ2n) is 8.26. The number of hydrogen-bond acceptors (Lipinski definition) is 5. The van der Waals surface area contributed by atoms with Gasteiger partial charge in [0.1, 0.15) is 5.75 Å². The normalized spacial score (nSPS) is 18.0. The van der Waals surface area contributed by atoms with E-state index >= 15 is 0 Å². The summed E-state index contributed by atoms with van der Waals surface area (Å²) in [6.45, 7) is 2.97. The molecule has 174 valence electrons. The van der Waals surface area contributed by atoms with Crippen LogP contribution in [0.4, 0.5) is 5.69 Å². The summed E-state index contributed by atoms with van der Waals surface area (Å²) in [6, 6.07) is 15.4. The minimum Gasteiger partial charge on any atom is -0.495 e. The Hall–Kier alpha value is -3.55. The predicted molar refractivity (Wildman–Crippen MR) is 129 cm³/mol. The number of aliphatic imine (C=N–C) groups is 1. The minimum absolute atomic E-state index is 0.193. The molecule has 2 aromatic carbocycles. The molecule has 0 bridgehead atoms. The van der Waals surface area contributed by atoms with Crippen molar-refractivity contribution in [1.29, 1.82) is 0 Å². The molecule has 2 amide bonds. The van der Waals surface area contributed by atoms with E-state index in [-0.39, 0.29) is 11.8 Å². The van der Waals surface area contributed by atoms with Crippen molar-refractivity contribution in [3.05, 3.63) is 59.7 Å². The van der Waals surface area contributed by atoms with E-state index in [1.165, 1.54) is 4.90 Å². The van der Waals surface area contributed by atoms with E-state index in [0.29, 0.717) is 30.3 Å². The first kappa shape index (κ1) is 22.6. The number of unbranched alkanes of at least 4 members (excludes halogenated alkanes) is 1. The largest absolute Gasteiger partial charge is 0.495 e. The van der Waals surface area contributed by atoms with Gasteiger partial charge in [-0.25, -0.2) is 0 Å². The number of rotatable bonds is 8. The maximum atomic E-state index is 12.4. The van der Waals surface area contributed by atoms with Crippen LogP contribution < -0.4 is 20.3 Å². The van der Waals surface area contributed by atoms with Crippen molar-refractivity contribution in [2.45, 2.75) is 25.3 Å². The highest BCUT2D eigenvalue weighted by molar-refractivity contribution is 6.21. The molecule has 33 heavy (non-hydrogen) atoms. The van der Waals surface area contributed by atoms with Gasteiger partial charge in [-0.15, -0.1) is 0 Å². The second kappa shape index (κ2) is 10.4. The Morgan fingerprint density at radius 2 is 1.76 bits per heavy atom. The zero-order valence-corrected chi connectivity index (χ0v) is 19.2. The predicted octanol–water partition coefficient (Wildman–Crippen LogP) is 2.52. The number of para-hydroxylation sites is 2. The van der Waals surface area contributed by atoms with Crippen molar-refractivity contribution in [2.75, 3.05) is 45.2 Å². The third-order valence-corrected chi connectivity index (χ3v) is 6.16. The van der Waals surface area contributed by atoms with Gasteiger partial charge < -0.3 is 20.3 Å². The van der Waals surface area contributed by atoms with Crippen LogP contribution in [-0.2, 0) is 0 Å². The molecule has 4 rings (SSSR count). The molecule has 2 aliphatic heterocycles. The molecule has 2 heterocycles. The quantitative estimate of drug-likeness (QED) is 0.279. The summed E-state index contributed by atoms with van der Waals surface area (Å²) in [5, 5.41) is 6.84. The number of carbonyl (C=O) groups excluding carboxylic acids is 2. The van der Waals surface area contributed by atoms with E-state index in [2.05, 4.69) is 26.6 Å². The minimum atomic E-state index is -0.193. The lowest BCUT2D eigenvalue weighted by Gasteiger charge is -2.22. The summed E-state index contributed by atoms with van der Waals surface area (Å²) in [5.41, 5.74) is 2.12. The fourth-order valence-corrected chi connectivity index (χ4v) is 4.42. The van der Waals surface area contributed by atoms with E-state index in [4.69, 9.17) is 4.74 Å². The molecule has 1 fully saturated rings. The maximum Gasteiger partial charge on any atom is 0.261 e. The van der Waals surface area contributed by atoms with Gasteiger partial charge in [0, 0.05) is 39.3 Å². The Labute approximate surface area is 194 Å². The van der Waals surface area contributed by atoms with Gasteiger partial charge in [0.15, 0.2) is 5.96 Å². The first-order valence-corrected chi connectivity index (χ1v) is 11.4. The first-order chi connectivity index (χ1) is 16.1. The van der Waals surface area contributed by atoms with Crippen LogP contribution in [-0.4, -0.2) is 69.1 Å². The van der Waals surface area contributed by atoms with Gasteiger partial charge in [-0.3, -0.25) is 19.5 Å². The van der Waals surface area contributed by atoms with Gasteiger partial charge in [-0.05, 0) is 43.5 Å². The van der Waals surface area contributed by atoms with E-state index in [0.717, 1.165) is 49.7 Å². The number of imide groups is 1. The van der Waals surface area contributed by atoms with Gasteiger partial charge >= 0.3 is 0 Å². The van der Waals surface area contributed by atoms with E-state index in [1.807, 2.05) is 18.2 Å². The van der Waals surface area contributed by atoms with Crippen LogP contribution in [0.2, 0.25) is 0 Å². The molecular weight excluding hydrogens is 418 g/mol. The molecule has 0 radical (unpaired) electrons. The Kier molecular flexibility index (Phi) is 7.12. The molecule has 8 heteroatoms. The molecule has 8 nitrogen and oxygen atoms in total. The highest BCUT2D eigenvalue weighted by Gasteiger charge is 2.34. The summed E-state index contributed by atoms with van der Waals surface area (Å²) in [6.07, 6.45) is 2.57. The average Bonchev–Trinajstić information content (AvgIpc) is 3.41. The molecule has 0 spiro atoms. The number of benzene rings is 2. The van der Waals surface area contributed by atoms with Crippen molar-refractivity contribution >= 4 is 23.5 Å². The van der Waals surface area contributed by atoms with Crippen molar-refractivity contribution in [2.24, 2.45) is 4.99 Å². The highest BCUT2D eigenvalue weighted by atomic mass is 16.5. The lowest BCUT2D eigenvalue weighted by atomic mass is 10.1. The third kappa shape index (κ3) is 4.94. The summed E-state index contributed by atoms with van der Waals surface area (Å²) < 4.78 is 5.50. The number of anilines is 1. The van der Waals surface area contributed by atoms with Gasteiger partial charge in [0.25, 0.3) is 11.8 Å². The number of fused-ring (bicyclic) bond motifs is 1. The van der Waals surface area contributed by atoms with Crippen molar-refractivity contribution in [1.82, 2.24) is 15.5 Å². The SMILES string of the molecule is CN=C(NCCCCN1C(=O)c2ccccc2C1=O)NC1CCN(c2ccccc2OC)C1. The van der Waals surface area contributed by atoms with Crippen LogP contribution in [0.1, 0.15) is 40.0 Å². The number of amides is 2. The highest BCUT2D eigenvalue weighted by Crippen LogP contribution is 2.30. The number of nitrogens with zero attached hydrogens (tertiary/aromatic N) is 3.